The average Bonchev–Trinajstić information content (AvgIpc) is 2.68. The number of fused-ring (bicyclic) bond motifs is 1. The van der Waals surface area contributed by atoms with Gasteiger partial charge in [-0.3, -0.25) is 0 Å². The zero-order chi connectivity index (χ0) is 12.5. The molecule has 90 valence electrons. The number of hydrogen-bond donors (Lipinski definition) is 1. The van der Waals surface area contributed by atoms with E-state index in [1.807, 2.05) is 24.3 Å². The number of aromatic nitrogens is 1. The van der Waals surface area contributed by atoms with Crippen LogP contribution in [0.5, 0.6) is 0 Å². The number of alkyl halides is 3. The van der Waals surface area contributed by atoms with Crippen LogP contribution in [-0.2, 0) is 4.74 Å². The molecule has 0 aliphatic heterocycles. The summed E-state index contributed by atoms with van der Waals surface area (Å²) in [4.78, 5) is 14.6. The smallest absolute Gasteiger partial charge is 0.354 e. The molecule has 1 N–H and O–H groups in total. The summed E-state index contributed by atoms with van der Waals surface area (Å²) < 4.78 is 3.26. The first-order valence-corrected chi connectivity index (χ1v) is 5.91. The van der Waals surface area contributed by atoms with Crippen LogP contribution in [0.4, 0.5) is 0 Å². The summed E-state index contributed by atoms with van der Waals surface area (Å²) in [6, 6.07) is 9.19. The molecule has 1 aromatic carbocycles. The van der Waals surface area contributed by atoms with Crippen molar-refractivity contribution in [2.45, 2.75) is 3.79 Å². The summed E-state index contributed by atoms with van der Waals surface area (Å²) in [5, 5.41) is 0.924. The first kappa shape index (κ1) is 12.6. The first-order valence-electron chi connectivity index (χ1n) is 4.77. The molecule has 0 atom stereocenters. The maximum Gasteiger partial charge on any atom is 0.354 e. The third-order valence-corrected chi connectivity index (χ3v) is 2.44. The Labute approximate surface area is 113 Å². The molecular formula is C11H8Cl3NO2. The molecule has 0 radical (unpaired) electrons. The van der Waals surface area contributed by atoms with Crippen LogP contribution >= 0.6 is 34.8 Å². The summed E-state index contributed by atoms with van der Waals surface area (Å²) in [5.41, 5.74) is 1.19. The van der Waals surface area contributed by atoms with E-state index in [2.05, 4.69) is 4.98 Å². The van der Waals surface area contributed by atoms with Gasteiger partial charge in [0.15, 0.2) is 0 Å². The number of carbonyl (C=O) groups is 1. The fourth-order valence-corrected chi connectivity index (χ4v) is 1.57. The number of carbonyl (C=O) groups excluding carboxylic acids is 1. The van der Waals surface area contributed by atoms with Gasteiger partial charge in [-0.15, -0.1) is 0 Å². The highest BCUT2D eigenvalue weighted by Gasteiger charge is 2.23. The Balaban J connectivity index is 2.14. The van der Waals surface area contributed by atoms with E-state index < -0.39 is 9.76 Å². The Hall–Kier alpha value is -0.900. The number of benzene rings is 1. The van der Waals surface area contributed by atoms with Crippen molar-refractivity contribution in [2.75, 3.05) is 6.61 Å². The van der Waals surface area contributed by atoms with Gasteiger partial charge >= 0.3 is 5.97 Å². The van der Waals surface area contributed by atoms with Crippen molar-refractivity contribution in [3.8, 4) is 0 Å². The molecule has 0 aliphatic rings. The molecule has 0 unspecified atom stereocenters. The second-order valence-corrected chi connectivity index (χ2v) is 5.98. The van der Waals surface area contributed by atoms with Gasteiger partial charge in [-0.25, -0.2) is 4.79 Å². The molecule has 1 aromatic heterocycles. The van der Waals surface area contributed by atoms with Crippen LogP contribution in [0.3, 0.4) is 0 Å². The van der Waals surface area contributed by atoms with Crippen LogP contribution in [0, 0.1) is 0 Å². The second-order valence-electron chi connectivity index (χ2n) is 3.46. The predicted molar refractivity (Wildman–Crippen MR) is 68.9 cm³/mol. The fraction of sp³-hybridized carbons (Fsp3) is 0.182. The molecule has 0 saturated carbocycles. The van der Waals surface area contributed by atoms with Crippen molar-refractivity contribution in [2.24, 2.45) is 0 Å². The van der Waals surface area contributed by atoms with Crippen LogP contribution in [0.2, 0.25) is 0 Å². The molecule has 2 rings (SSSR count). The molecule has 0 bridgehead atoms. The van der Waals surface area contributed by atoms with Gasteiger partial charge in [0.25, 0.3) is 0 Å². The van der Waals surface area contributed by atoms with E-state index in [0.29, 0.717) is 5.69 Å². The zero-order valence-electron chi connectivity index (χ0n) is 8.54. The van der Waals surface area contributed by atoms with E-state index in [1.165, 1.54) is 0 Å². The lowest BCUT2D eigenvalue weighted by molar-refractivity contribution is 0.0506. The van der Waals surface area contributed by atoms with Gasteiger partial charge in [0.05, 0.1) is 0 Å². The molecule has 0 fully saturated rings. The van der Waals surface area contributed by atoms with E-state index in [4.69, 9.17) is 39.5 Å². The van der Waals surface area contributed by atoms with Crippen molar-refractivity contribution in [1.29, 1.82) is 0 Å². The van der Waals surface area contributed by atoms with Crippen molar-refractivity contribution in [3.05, 3.63) is 36.0 Å². The molecule has 3 nitrogen and oxygen atoms in total. The largest absolute Gasteiger partial charge is 0.456 e. The topological polar surface area (TPSA) is 42.1 Å². The Kier molecular flexibility index (Phi) is 3.52. The molecule has 0 amide bonds. The number of rotatable bonds is 2. The van der Waals surface area contributed by atoms with Crippen LogP contribution in [0.15, 0.2) is 30.3 Å². The lowest BCUT2D eigenvalue weighted by Crippen LogP contribution is -2.17. The number of aromatic amines is 1. The van der Waals surface area contributed by atoms with E-state index in [1.54, 1.807) is 6.07 Å². The van der Waals surface area contributed by atoms with Gasteiger partial charge in [0.2, 0.25) is 3.79 Å². The number of esters is 1. The minimum absolute atomic E-state index is 0.286. The summed E-state index contributed by atoms with van der Waals surface area (Å²) in [6.45, 7) is -0.286. The molecule has 0 saturated heterocycles. The lowest BCUT2D eigenvalue weighted by Gasteiger charge is -2.10. The van der Waals surface area contributed by atoms with Gasteiger partial charge in [0, 0.05) is 10.9 Å². The van der Waals surface area contributed by atoms with Crippen LogP contribution in [0.25, 0.3) is 10.9 Å². The molecule has 0 aliphatic carbocycles. The minimum Gasteiger partial charge on any atom is -0.456 e. The number of ether oxygens (including phenoxy) is 1. The standard InChI is InChI=1S/C11H8Cl3NO2/c12-11(13,14)6-17-10(16)9-5-7-3-1-2-4-8(7)15-9/h1-5,15H,6H2. The summed E-state index contributed by atoms with van der Waals surface area (Å²) >= 11 is 16.5. The van der Waals surface area contributed by atoms with Crippen molar-refractivity contribution in [1.82, 2.24) is 4.98 Å². The highest BCUT2D eigenvalue weighted by Crippen LogP contribution is 2.26. The number of H-pyrrole nitrogens is 1. The van der Waals surface area contributed by atoms with Crippen LogP contribution in [0.1, 0.15) is 10.5 Å². The average molecular weight is 293 g/mol. The summed E-state index contributed by atoms with van der Waals surface area (Å²) in [7, 11) is 0. The molecular weight excluding hydrogens is 284 g/mol. The maximum absolute atomic E-state index is 11.6. The van der Waals surface area contributed by atoms with Gasteiger partial charge < -0.3 is 9.72 Å². The Bertz CT molecular complexity index is 512. The van der Waals surface area contributed by atoms with E-state index in [9.17, 15) is 4.79 Å². The molecule has 17 heavy (non-hydrogen) atoms. The zero-order valence-corrected chi connectivity index (χ0v) is 10.8. The fourth-order valence-electron chi connectivity index (χ4n) is 1.41. The molecule has 2 aromatic rings. The second kappa shape index (κ2) is 4.77. The van der Waals surface area contributed by atoms with Gasteiger partial charge in [-0.1, -0.05) is 53.0 Å². The summed E-state index contributed by atoms with van der Waals surface area (Å²) in [5.74, 6) is -0.549. The van der Waals surface area contributed by atoms with E-state index in [0.717, 1.165) is 10.9 Å². The Morgan fingerprint density at radius 1 is 1.29 bits per heavy atom. The Morgan fingerprint density at radius 3 is 2.65 bits per heavy atom. The first-order chi connectivity index (χ1) is 7.96. The van der Waals surface area contributed by atoms with Gasteiger partial charge in [0.1, 0.15) is 12.3 Å². The number of nitrogens with one attached hydrogen (secondary N) is 1. The van der Waals surface area contributed by atoms with Crippen LogP contribution in [-0.4, -0.2) is 21.4 Å². The molecule has 0 spiro atoms. The highest BCUT2D eigenvalue weighted by atomic mass is 35.6. The number of hydrogen-bond acceptors (Lipinski definition) is 2. The maximum atomic E-state index is 11.6. The quantitative estimate of drug-likeness (QED) is 0.677. The number of halogens is 3. The molecule has 1 heterocycles. The summed E-state index contributed by atoms with van der Waals surface area (Å²) in [6.07, 6.45) is 0. The van der Waals surface area contributed by atoms with Crippen molar-refractivity contribution in [3.63, 3.8) is 0 Å². The Morgan fingerprint density at radius 2 is 2.00 bits per heavy atom. The van der Waals surface area contributed by atoms with Gasteiger partial charge in [-0.2, -0.15) is 0 Å². The predicted octanol–water partition coefficient (Wildman–Crippen LogP) is 3.69. The normalized spacial score (nSPS) is 11.7. The third kappa shape index (κ3) is 3.28. The van der Waals surface area contributed by atoms with E-state index >= 15 is 0 Å². The van der Waals surface area contributed by atoms with Crippen molar-refractivity contribution < 1.29 is 9.53 Å². The monoisotopic (exact) mass is 291 g/mol. The van der Waals surface area contributed by atoms with Crippen LogP contribution < -0.4 is 0 Å². The molecule has 6 heteroatoms. The number of para-hydroxylation sites is 1. The van der Waals surface area contributed by atoms with E-state index in [-0.39, 0.29) is 6.61 Å². The SMILES string of the molecule is O=C(OCC(Cl)(Cl)Cl)c1cc2ccccc2[nH]1. The minimum atomic E-state index is -1.60. The lowest BCUT2D eigenvalue weighted by atomic mass is 10.2. The van der Waals surface area contributed by atoms with Gasteiger partial charge in [-0.05, 0) is 12.1 Å². The van der Waals surface area contributed by atoms with Crippen molar-refractivity contribution >= 4 is 51.7 Å². The third-order valence-electron chi connectivity index (χ3n) is 2.12. The highest BCUT2D eigenvalue weighted by molar-refractivity contribution is 6.67.